The molecule has 0 aromatic carbocycles. The summed E-state index contributed by atoms with van der Waals surface area (Å²) in [4.78, 5) is 0. The Kier molecular flexibility index (Phi) is 6.65. The van der Waals surface area contributed by atoms with Gasteiger partial charge >= 0.3 is 0 Å². The lowest BCUT2D eigenvalue weighted by Crippen LogP contribution is -2.38. The topological polar surface area (TPSA) is 38.0 Å². The van der Waals surface area contributed by atoms with Gasteiger partial charge in [-0.2, -0.15) is 11.8 Å². The Morgan fingerprint density at radius 2 is 2.07 bits per heavy atom. The number of thioether (sulfide) groups is 1. The van der Waals surface area contributed by atoms with E-state index in [1.165, 1.54) is 50.0 Å². The zero-order valence-electron chi connectivity index (χ0n) is 9.30. The maximum Gasteiger partial charge on any atom is 0.0303 e. The SMILES string of the molecule is CCSCC(CC1CCCCC1)NN. The van der Waals surface area contributed by atoms with Crippen LogP contribution in [0.3, 0.4) is 0 Å². The van der Waals surface area contributed by atoms with Crippen LogP contribution in [-0.4, -0.2) is 17.5 Å². The number of nitrogens with two attached hydrogens (primary N) is 1. The summed E-state index contributed by atoms with van der Waals surface area (Å²) >= 11 is 1.99. The van der Waals surface area contributed by atoms with E-state index in [4.69, 9.17) is 5.84 Å². The van der Waals surface area contributed by atoms with Crippen LogP contribution < -0.4 is 11.3 Å². The summed E-state index contributed by atoms with van der Waals surface area (Å²) in [6.07, 6.45) is 8.44. The number of hydrazine groups is 1. The molecular weight excluding hydrogens is 192 g/mol. The monoisotopic (exact) mass is 216 g/mol. The molecule has 0 spiro atoms. The van der Waals surface area contributed by atoms with E-state index in [2.05, 4.69) is 12.3 Å². The van der Waals surface area contributed by atoms with Gasteiger partial charge in [-0.05, 0) is 18.1 Å². The van der Waals surface area contributed by atoms with E-state index in [1.807, 2.05) is 11.8 Å². The highest BCUT2D eigenvalue weighted by molar-refractivity contribution is 7.99. The summed E-state index contributed by atoms with van der Waals surface area (Å²) in [7, 11) is 0. The molecule has 2 nitrogen and oxygen atoms in total. The van der Waals surface area contributed by atoms with Crippen molar-refractivity contribution in [3.8, 4) is 0 Å². The van der Waals surface area contributed by atoms with Crippen LogP contribution in [0.2, 0.25) is 0 Å². The molecule has 3 N–H and O–H groups in total. The molecule has 3 heteroatoms. The van der Waals surface area contributed by atoms with Gasteiger partial charge in [0.25, 0.3) is 0 Å². The van der Waals surface area contributed by atoms with Crippen molar-refractivity contribution >= 4 is 11.8 Å². The highest BCUT2D eigenvalue weighted by atomic mass is 32.2. The molecule has 0 aromatic heterocycles. The highest BCUT2D eigenvalue weighted by Crippen LogP contribution is 2.27. The van der Waals surface area contributed by atoms with E-state index in [-0.39, 0.29) is 0 Å². The van der Waals surface area contributed by atoms with E-state index in [1.54, 1.807) is 0 Å². The van der Waals surface area contributed by atoms with Gasteiger partial charge in [-0.15, -0.1) is 0 Å². The normalized spacial score (nSPS) is 21.0. The second-order valence-corrected chi connectivity index (χ2v) is 5.58. The van der Waals surface area contributed by atoms with Crippen molar-refractivity contribution in [1.29, 1.82) is 0 Å². The van der Waals surface area contributed by atoms with Crippen molar-refractivity contribution in [2.75, 3.05) is 11.5 Å². The summed E-state index contributed by atoms with van der Waals surface area (Å²) in [5.41, 5.74) is 2.96. The second-order valence-electron chi connectivity index (χ2n) is 4.26. The maximum atomic E-state index is 5.57. The Hall–Kier alpha value is 0.270. The zero-order valence-corrected chi connectivity index (χ0v) is 10.1. The van der Waals surface area contributed by atoms with Gasteiger partial charge in [-0.25, -0.2) is 0 Å². The fraction of sp³-hybridized carbons (Fsp3) is 1.00. The first-order chi connectivity index (χ1) is 6.86. The third kappa shape index (κ3) is 4.67. The Morgan fingerprint density at radius 1 is 1.36 bits per heavy atom. The van der Waals surface area contributed by atoms with Crippen LogP contribution in [0.4, 0.5) is 0 Å². The molecule has 1 fully saturated rings. The number of hydrogen-bond donors (Lipinski definition) is 2. The summed E-state index contributed by atoms with van der Waals surface area (Å²) in [5.74, 6) is 8.87. The minimum atomic E-state index is 0.531. The molecule has 0 aliphatic heterocycles. The molecule has 0 saturated heterocycles. The van der Waals surface area contributed by atoms with Gasteiger partial charge in [0.1, 0.15) is 0 Å². The molecule has 0 amide bonds. The molecule has 1 atom stereocenters. The molecule has 0 radical (unpaired) electrons. The van der Waals surface area contributed by atoms with Crippen LogP contribution in [-0.2, 0) is 0 Å². The molecule has 0 heterocycles. The molecular formula is C11H24N2S. The summed E-state index contributed by atoms with van der Waals surface area (Å²) in [6, 6.07) is 0.531. The minimum Gasteiger partial charge on any atom is -0.271 e. The lowest BCUT2D eigenvalue weighted by atomic mass is 9.85. The average molecular weight is 216 g/mol. The van der Waals surface area contributed by atoms with Gasteiger partial charge < -0.3 is 0 Å². The first-order valence-corrected chi connectivity index (χ1v) is 7.06. The molecule has 1 aliphatic rings. The fourth-order valence-electron chi connectivity index (χ4n) is 2.27. The minimum absolute atomic E-state index is 0.531. The van der Waals surface area contributed by atoms with Gasteiger partial charge in [-0.1, -0.05) is 39.0 Å². The molecule has 0 bridgehead atoms. The van der Waals surface area contributed by atoms with Gasteiger partial charge in [0, 0.05) is 11.8 Å². The Bertz CT molecular complexity index is 135. The van der Waals surface area contributed by atoms with Crippen LogP contribution in [0.15, 0.2) is 0 Å². The molecule has 84 valence electrons. The smallest absolute Gasteiger partial charge is 0.0303 e. The molecule has 1 saturated carbocycles. The van der Waals surface area contributed by atoms with E-state index >= 15 is 0 Å². The van der Waals surface area contributed by atoms with Crippen LogP contribution in [0.1, 0.15) is 45.4 Å². The largest absolute Gasteiger partial charge is 0.271 e. The van der Waals surface area contributed by atoms with E-state index in [0.29, 0.717) is 6.04 Å². The lowest BCUT2D eigenvalue weighted by Gasteiger charge is -2.25. The summed E-state index contributed by atoms with van der Waals surface area (Å²) in [5, 5.41) is 0. The van der Waals surface area contributed by atoms with E-state index < -0.39 is 0 Å². The van der Waals surface area contributed by atoms with Gasteiger partial charge in [0.15, 0.2) is 0 Å². The zero-order chi connectivity index (χ0) is 10.2. The van der Waals surface area contributed by atoms with Crippen molar-refractivity contribution in [3.63, 3.8) is 0 Å². The standard InChI is InChI=1S/C11H24N2S/c1-2-14-9-11(13-12)8-10-6-4-3-5-7-10/h10-11,13H,2-9,12H2,1H3. The molecule has 0 aromatic rings. The van der Waals surface area contributed by atoms with Crippen LogP contribution in [0.5, 0.6) is 0 Å². The van der Waals surface area contributed by atoms with Crippen molar-refractivity contribution in [3.05, 3.63) is 0 Å². The number of nitrogens with one attached hydrogen (secondary N) is 1. The van der Waals surface area contributed by atoms with Crippen molar-refractivity contribution in [2.24, 2.45) is 11.8 Å². The predicted molar refractivity (Wildman–Crippen MR) is 65.3 cm³/mol. The first kappa shape index (κ1) is 12.3. The Labute approximate surface area is 92.4 Å². The predicted octanol–water partition coefficient (Wildman–Crippen LogP) is 2.54. The molecule has 1 rings (SSSR count). The van der Waals surface area contributed by atoms with Gasteiger partial charge in [0.2, 0.25) is 0 Å². The van der Waals surface area contributed by atoms with Crippen LogP contribution >= 0.6 is 11.8 Å². The summed E-state index contributed by atoms with van der Waals surface area (Å²) in [6.45, 7) is 2.21. The third-order valence-electron chi connectivity index (χ3n) is 3.10. The van der Waals surface area contributed by atoms with Crippen molar-refractivity contribution in [1.82, 2.24) is 5.43 Å². The maximum absolute atomic E-state index is 5.57. The third-order valence-corrected chi connectivity index (χ3v) is 4.15. The highest BCUT2D eigenvalue weighted by Gasteiger charge is 2.17. The van der Waals surface area contributed by atoms with Crippen LogP contribution in [0.25, 0.3) is 0 Å². The molecule has 1 unspecified atom stereocenters. The second kappa shape index (κ2) is 7.55. The Morgan fingerprint density at radius 3 is 2.64 bits per heavy atom. The Balaban J connectivity index is 2.16. The van der Waals surface area contributed by atoms with Gasteiger partial charge in [0.05, 0.1) is 0 Å². The van der Waals surface area contributed by atoms with Crippen molar-refractivity contribution in [2.45, 2.75) is 51.5 Å². The average Bonchev–Trinajstić information content (AvgIpc) is 2.25. The van der Waals surface area contributed by atoms with Crippen molar-refractivity contribution < 1.29 is 0 Å². The number of rotatable bonds is 6. The van der Waals surface area contributed by atoms with Crippen LogP contribution in [0, 0.1) is 5.92 Å². The van der Waals surface area contributed by atoms with E-state index in [0.717, 1.165) is 5.92 Å². The summed E-state index contributed by atoms with van der Waals surface area (Å²) < 4.78 is 0. The van der Waals surface area contributed by atoms with Gasteiger partial charge in [-0.3, -0.25) is 11.3 Å². The first-order valence-electron chi connectivity index (χ1n) is 5.90. The molecule has 1 aliphatic carbocycles. The molecule has 14 heavy (non-hydrogen) atoms. The number of hydrogen-bond acceptors (Lipinski definition) is 3. The van der Waals surface area contributed by atoms with E-state index in [9.17, 15) is 0 Å². The lowest BCUT2D eigenvalue weighted by molar-refractivity contribution is 0.308. The fourth-order valence-corrected chi connectivity index (χ4v) is 3.02. The quantitative estimate of drug-likeness (QED) is 0.529.